The second-order valence-corrected chi connectivity index (χ2v) is 2.21. The number of nitrogens with zero attached hydrogens (tertiary/aromatic N) is 1. The van der Waals surface area contributed by atoms with Crippen LogP contribution >= 0.6 is 15.9 Å². The standard InChI is InChI=1S/C5H6BrN/c6-5-3-1-2-4-7-5/h1,3H,2,4H2. The van der Waals surface area contributed by atoms with Crippen LogP contribution in [0.5, 0.6) is 0 Å². The van der Waals surface area contributed by atoms with Crippen LogP contribution in [0.25, 0.3) is 0 Å². The molecule has 38 valence electrons. The molecule has 0 fully saturated rings. The zero-order valence-corrected chi connectivity index (χ0v) is 5.48. The highest BCUT2D eigenvalue weighted by Crippen LogP contribution is 2.00. The average Bonchev–Trinajstić information content (AvgIpc) is 1.69. The molecule has 1 rings (SSSR count). The minimum atomic E-state index is 0.942. The molecule has 0 saturated carbocycles. The van der Waals surface area contributed by atoms with Crippen LogP contribution < -0.4 is 0 Å². The van der Waals surface area contributed by atoms with Crippen LogP contribution in [0.2, 0.25) is 0 Å². The van der Waals surface area contributed by atoms with Gasteiger partial charge in [-0.2, -0.15) is 0 Å². The lowest BCUT2D eigenvalue weighted by atomic mass is 10.3. The topological polar surface area (TPSA) is 12.4 Å². The van der Waals surface area contributed by atoms with Gasteiger partial charge >= 0.3 is 0 Å². The number of hydrogen-bond acceptors (Lipinski definition) is 1. The maximum absolute atomic E-state index is 4.08. The molecule has 0 spiro atoms. The number of aliphatic imine (C=N–C) groups is 1. The minimum Gasteiger partial charge on any atom is -0.278 e. The lowest BCUT2D eigenvalue weighted by Crippen LogP contribution is -1.89. The van der Waals surface area contributed by atoms with E-state index in [9.17, 15) is 0 Å². The van der Waals surface area contributed by atoms with Gasteiger partial charge in [-0.15, -0.1) is 0 Å². The van der Waals surface area contributed by atoms with Crippen molar-refractivity contribution in [1.82, 2.24) is 0 Å². The van der Waals surface area contributed by atoms with Crippen molar-refractivity contribution in [3.05, 3.63) is 12.2 Å². The number of halogens is 1. The number of rotatable bonds is 0. The molecule has 0 aromatic carbocycles. The average molecular weight is 160 g/mol. The first-order valence-electron chi connectivity index (χ1n) is 2.26. The fourth-order valence-corrected chi connectivity index (χ4v) is 0.843. The van der Waals surface area contributed by atoms with E-state index in [0.717, 1.165) is 17.6 Å². The summed E-state index contributed by atoms with van der Waals surface area (Å²) in [4.78, 5) is 4.08. The first-order chi connectivity index (χ1) is 3.39. The maximum Gasteiger partial charge on any atom is 0.0997 e. The molecule has 1 aliphatic rings. The highest BCUT2D eigenvalue weighted by Gasteiger charge is 1.89. The van der Waals surface area contributed by atoms with Crippen LogP contribution in [0.1, 0.15) is 6.42 Å². The van der Waals surface area contributed by atoms with Crippen LogP contribution in [0.4, 0.5) is 0 Å². The lowest BCUT2D eigenvalue weighted by molar-refractivity contribution is 1.00. The normalized spacial score (nSPS) is 19.3. The van der Waals surface area contributed by atoms with E-state index < -0.39 is 0 Å². The highest BCUT2D eigenvalue weighted by atomic mass is 79.9. The largest absolute Gasteiger partial charge is 0.278 e. The molecular formula is C5H6BrN. The molecule has 0 radical (unpaired) electrons. The first kappa shape index (κ1) is 5.04. The molecule has 0 aromatic heterocycles. The predicted octanol–water partition coefficient (Wildman–Crippen LogP) is 1.74. The van der Waals surface area contributed by atoms with E-state index in [2.05, 4.69) is 27.0 Å². The smallest absolute Gasteiger partial charge is 0.0997 e. The molecule has 0 unspecified atom stereocenters. The van der Waals surface area contributed by atoms with Gasteiger partial charge in [-0.3, -0.25) is 4.99 Å². The number of hydrogen-bond donors (Lipinski definition) is 0. The molecule has 0 atom stereocenters. The number of dihydropyridines is 1. The van der Waals surface area contributed by atoms with Gasteiger partial charge in [0.05, 0.1) is 4.62 Å². The summed E-state index contributed by atoms with van der Waals surface area (Å²) in [7, 11) is 0. The van der Waals surface area contributed by atoms with Gasteiger partial charge in [0.2, 0.25) is 0 Å². The Morgan fingerprint density at radius 1 is 1.71 bits per heavy atom. The summed E-state index contributed by atoms with van der Waals surface area (Å²) in [6, 6.07) is 0. The molecule has 0 amide bonds. The Hall–Kier alpha value is -0.110. The Bertz CT molecular complexity index is 115. The molecule has 0 aliphatic carbocycles. The van der Waals surface area contributed by atoms with Crippen molar-refractivity contribution < 1.29 is 0 Å². The highest BCUT2D eigenvalue weighted by molar-refractivity contribution is 9.18. The predicted molar refractivity (Wildman–Crippen MR) is 35.0 cm³/mol. The van der Waals surface area contributed by atoms with E-state index in [-0.39, 0.29) is 0 Å². The van der Waals surface area contributed by atoms with Gasteiger partial charge in [0.1, 0.15) is 0 Å². The van der Waals surface area contributed by atoms with Gasteiger partial charge < -0.3 is 0 Å². The molecule has 0 bridgehead atoms. The Balaban J connectivity index is 2.58. The maximum atomic E-state index is 4.08. The molecule has 1 nitrogen and oxygen atoms in total. The Morgan fingerprint density at radius 2 is 2.57 bits per heavy atom. The number of allylic oxidation sites excluding steroid dienone is 1. The van der Waals surface area contributed by atoms with Crippen LogP contribution in [0, 0.1) is 0 Å². The molecule has 1 aliphatic heterocycles. The zero-order chi connectivity index (χ0) is 5.11. The second kappa shape index (κ2) is 2.26. The van der Waals surface area contributed by atoms with Crippen molar-refractivity contribution in [3.8, 4) is 0 Å². The van der Waals surface area contributed by atoms with Gasteiger partial charge in [-0.25, -0.2) is 0 Å². The molecule has 0 aromatic rings. The van der Waals surface area contributed by atoms with Gasteiger partial charge in [0.25, 0.3) is 0 Å². The summed E-state index contributed by atoms with van der Waals surface area (Å²) in [6.07, 6.45) is 5.18. The van der Waals surface area contributed by atoms with E-state index in [4.69, 9.17) is 0 Å². The molecule has 0 saturated heterocycles. The SMILES string of the molecule is BrC1=NCCC=C1. The summed E-state index contributed by atoms with van der Waals surface area (Å²) >= 11 is 3.25. The summed E-state index contributed by atoms with van der Waals surface area (Å²) in [6.45, 7) is 0.942. The van der Waals surface area contributed by atoms with Crippen molar-refractivity contribution >= 4 is 20.6 Å². The summed E-state index contributed by atoms with van der Waals surface area (Å²) in [5.41, 5.74) is 0. The molecule has 2 heteroatoms. The van der Waals surface area contributed by atoms with Gasteiger partial charge in [0, 0.05) is 6.54 Å². The molecule has 7 heavy (non-hydrogen) atoms. The van der Waals surface area contributed by atoms with E-state index in [0.29, 0.717) is 0 Å². The van der Waals surface area contributed by atoms with E-state index in [1.54, 1.807) is 0 Å². The van der Waals surface area contributed by atoms with Crippen molar-refractivity contribution in [3.63, 3.8) is 0 Å². The van der Waals surface area contributed by atoms with Crippen molar-refractivity contribution in [2.24, 2.45) is 4.99 Å². The molecule has 1 heterocycles. The summed E-state index contributed by atoms with van der Waals surface area (Å²) < 4.78 is 0.971. The quantitative estimate of drug-likeness (QED) is 0.511. The van der Waals surface area contributed by atoms with Crippen LogP contribution in [-0.2, 0) is 0 Å². The van der Waals surface area contributed by atoms with Gasteiger partial charge in [-0.1, -0.05) is 6.08 Å². The van der Waals surface area contributed by atoms with E-state index >= 15 is 0 Å². The van der Waals surface area contributed by atoms with Crippen LogP contribution in [0.15, 0.2) is 17.1 Å². The summed E-state index contributed by atoms with van der Waals surface area (Å²) in [5.74, 6) is 0. The van der Waals surface area contributed by atoms with Crippen molar-refractivity contribution in [2.75, 3.05) is 6.54 Å². The third-order valence-electron chi connectivity index (χ3n) is 0.814. The monoisotopic (exact) mass is 159 g/mol. The molecule has 0 N–H and O–H groups in total. The van der Waals surface area contributed by atoms with Crippen LogP contribution in [0.3, 0.4) is 0 Å². The fraction of sp³-hybridized carbons (Fsp3) is 0.400. The van der Waals surface area contributed by atoms with Crippen LogP contribution in [-0.4, -0.2) is 11.2 Å². The molecular weight excluding hydrogens is 154 g/mol. The minimum absolute atomic E-state index is 0.942. The van der Waals surface area contributed by atoms with E-state index in [1.807, 2.05) is 6.08 Å². The van der Waals surface area contributed by atoms with Gasteiger partial charge in [-0.05, 0) is 28.4 Å². The third-order valence-corrected chi connectivity index (χ3v) is 1.33. The Morgan fingerprint density at radius 3 is 2.86 bits per heavy atom. The zero-order valence-electron chi connectivity index (χ0n) is 3.89. The van der Waals surface area contributed by atoms with Crippen molar-refractivity contribution in [1.29, 1.82) is 0 Å². The Kier molecular flexibility index (Phi) is 1.63. The fourth-order valence-electron chi connectivity index (χ4n) is 0.479. The second-order valence-electron chi connectivity index (χ2n) is 1.40. The third kappa shape index (κ3) is 1.43. The summed E-state index contributed by atoms with van der Waals surface area (Å²) in [5, 5.41) is 0. The lowest BCUT2D eigenvalue weighted by Gasteiger charge is -1.94. The Labute approximate surface area is 51.3 Å². The first-order valence-corrected chi connectivity index (χ1v) is 3.05. The van der Waals surface area contributed by atoms with Crippen molar-refractivity contribution in [2.45, 2.75) is 6.42 Å². The van der Waals surface area contributed by atoms with E-state index in [1.165, 1.54) is 0 Å². The van der Waals surface area contributed by atoms with Gasteiger partial charge in [0.15, 0.2) is 0 Å².